The highest BCUT2D eigenvalue weighted by Crippen LogP contribution is 2.38. The molecule has 0 unspecified atom stereocenters. The lowest BCUT2D eigenvalue weighted by Crippen LogP contribution is -2.64. The summed E-state index contributed by atoms with van der Waals surface area (Å²) in [5.74, 6) is 0. The number of hydrogen-bond acceptors (Lipinski definition) is 0. The minimum absolute atomic E-state index is 0.0881. The van der Waals surface area contributed by atoms with Crippen molar-refractivity contribution in [3.8, 4) is 0 Å². The molecule has 0 aliphatic carbocycles. The van der Waals surface area contributed by atoms with Crippen LogP contribution in [0.15, 0.2) is 56.2 Å². The number of aryl methyl sites for hydroxylation is 3. The molecule has 0 aromatic carbocycles. The van der Waals surface area contributed by atoms with E-state index in [2.05, 4.69) is 139 Å². The van der Waals surface area contributed by atoms with Crippen molar-refractivity contribution in [2.45, 2.75) is 210 Å². The van der Waals surface area contributed by atoms with E-state index in [0.717, 1.165) is 39.3 Å². The van der Waals surface area contributed by atoms with E-state index in [1.54, 1.807) is 0 Å². The van der Waals surface area contributed by atoms with Crippen LogP contribution >= 0.6 is 0 Å². The predicted octanol–water partition coefficient (Wildman–Crippen LogP) is 9.99. The van der Waals surface area contributed by atoms with Gasteiger partial charge >= 0.3 is 0 Å². The second-order valence-electron chi connectivity index (χ2n) is 22.8. The normalized spacial score (nSPS) is 18.2. The first-order valence-electron chi connectivity index (χ1n) is 27.7. The summed E-state index contributed by atoms with van der Waals surface area (Å²) in [6.45, 7) is 43.1. The molecule has 3 aromatic heterocycles. The third-order valence-electron chi connectivity index (χ3n) is 15.9. The van der Waals surface area contributed by atoms with Crippen LogP contribution in [0.3, 0.4) is 0 Å². The van der Waals surface area contributed by atoms with Crippen LogP contribution in [-0.2, 0) is 39.3 Å². The van der Waals surface area contributed by atoms with Gasteiger partial charge in [0.1, 0.15) is 62.2 Å². The van der Waals surface area contributed by atoms with Gasteiger partial charge in [-0.1, -0.05) is 80.1 Å². The molecule has 3 fully saturated rings. The molecular formula is C55H105N9+6. The van der Waals surface area contributed by atoms with Gasteiger partial charge in [0.2, 0.25) is 19.0 Å². The highest BCUT2D eigenvalue weighted by molar-refractivity contribution is 4.80. The molecule has 6 heterocycles. The van der Waals surface area contributed by atoms with Crippen LogP contribution in [-0.4, -0.2) is 106 Å². The maximum Gasteiger partial charge on any atom is 0.243 e. The minimum Gasteiger partial charge on any atom is -0.323 e. The van der Waals surface area contributed by atoms with Gasteiger partial charge in [-0.3, -0.25) is 0 Å². The van der Waals surface area contributed by atoms with E-state index in [-0.39, 0.29) is 5.41 Å². The van der Waals surface area contributed by atoms with E-state index in [9.17, 15) is 0 Å². The summed E-state index contributed by atoms with van der Waals surface area (Å²) in [7, 11) is 0. The van der Waals surface area contributed by atoms with Crippen molar-refractivity contribution in [1.82, 2.24) is 13.7 Å². The molecule has 6 rings (SSSR count). The number of imidazole rings is 3. The lowest BCUT2D eigenvalue weighted by atomic mass is 9.84. The summed E-state index contributed by atoms with van der Waals surface area (Å²) in [4.78, 5) is 0. The van der Waals surface area contributed by atoms with Crippen LogP contribution in [0.5, 0.6) is 0 Å². The summed E-state index contributed by atoms with van der Waals surface area (Å²) >= 11 is 0. The van der Waals surface area contributed by atoms with Crippen LogP contribution in [0.25, 0.3) is 0 Å². The average Bonchev–Trinajstić information content (AvgIpc) is 4.15. The second kappa shape index (κ2) is 26.2. The second-order valence-corrected chi connectivity index (χ2v) is 22.8. The maximum atomic E-state index is 2.78. The number of nitrogens with zero attached hydrogens (tertiary/aromatic N) is 9. The Kier molecular flexibility index (Phi) is 21.4. The van der Waals surface area contributed by atoms with Gasteiger partial charge in [0.15, 0.2) is 0 Å². The van der Waals surface area contributed by atoms with Crippen molar-refractivity contribution in [3.63, 3.8) is 0 Å². The van der Waals surface area contributed by atoms with Crippen LogP contribution in [0.2, 0.25) is 0 Å². The van der Waals surface area contributed by atoms with Crippen LogP contribution in [0.4, 0.5) is 0 Å². The number of quaternary nitrogens is 3. The molecule has 3 aliphatic rings. The number of aromatic nitrogens is 6. The van der Waals surface area contributed by atoms with Gasteiger partial charge in [0.05, 0.1) is 104 Å². The summed E-state index contributed by atoms with van der Waals surface area (Å²) in [6.07, 6.45) is 44.9. The van der Waals surface area contributed by atoms with E-state index in [4.69, 9.17) is 0 Å². The standard InChI is InChI=1S/C29H60N3.C26H45N6/c1-5-8-17-30(20-11-12-21-30)26-29(4,27-31(18-9-6-2)22-13-14-23-31)28-32(19-10-7-3)24-15-16-25-32;1-5-8-11-27-14-17-30(23-27)20-26(4,21-31-18-15-28(24-31)12-9-6-2)22-32-19-16-29(25-32)13-10-7-3/h5-28H2,1-4H3;14-19,23-25H,5-13,20-22H2,1-4H3/q2*+3. The van der Waals surface area contributed by atoms with Gasteiger partial charge < -0.3 is 13.4 Å². The number of rotatable bonds is 30. The summed E-state index contributed by atoms with van der Waals surface area (Å²) in [6, 6.07) is 0. The largest absolute Gasteiger partial charge is 0.323 e. The Morgan fingerprint density at radius 2 is 0.656 bits per heavy atom. The van der Waals surface area contributed by atoms with Crippen LogP contribution < -0.4 is 13.7 Å². The van der Waals surface area contributed by atoms with Gasteiger partial charge in [0, 0.05) is 38.5 Å². The van der Waals surface area contributed by atoms with Crippen molar-refractivity contribution in [3.05, 3.63) is 56.2 Å². The first-order valence-corrected chi connectivity index (χ1v) is 27.7. The van der Waals surface area contributed by atoms with E-state index < -0.39 is 0 Å². The molecule has 0 bridgehead atoms. The zero-order valence-corrected chi connectivity index (χ0v) is 43.7. The van der Waals surface area contributed by atoms with Crippen LogP contribution in [0, 0.1) is 10.8 Å². The van der Waals surface area contributed by atoms with Gasteiger partial charge in [-0.25, -0.2) is 27.4 Å². The molecule has 0 N–H and O–H groups in total. The fourth-order valence-corrected chi connectivity index (χ4v) is 12.9. The molecule has 3 aromatic rings. The number of unbranched alkanes of at least 4 members (excludes halogenated alkanes) is 6. The molecule has 0 atom stereocenters. The smallest absolute Gasteiger partial charge is 0.243 e. The van der Waals surface area contributed by atoms with Crippen molar-refractivity contribution in [2.24, 2.45) is 10.8 Å². The molecule has 9 nitrogen and oxygen atoms in total. The van der Waals surface area contributed by atoms with Gasteiger partial charge in [-0.2, -0.15) is 0 Å². The van der Waals surface area contributed by atoms with E-state index in [0.29, 0.717) is 5.41 Å². The molecular weight excluding hydrogens is 787 g/mol. The topological polar surface area (TPSA) is 26.4 Å². The van der Waals surface area contributed by atoms with Crippen molar-refractivity contribution in [2.75, 3.05) is 78.5 Å². The first kappa shape index (κ1) is 52.5. The Balaban J connectivity index is 0.000000241. The summed E-state index contributed by atoms with van der Waals surface area (Å²) < 4.78 is 18.5. The number of likely N-dealkylation sites (tertiary alicyclic amines) is 3. The Morgan fingerprint density at radius 1 is 0.391 bits per heavy atom. The van der Waals surface area contributed by atoms with Crippen LogP contribution in [0.1, 0.15) is 171 Å². The lowest BCUT2D eigenvalue weighted by Gasteiger charge is -2.49. The summed E-state index contributed by atoms with van der Waals surface area (Å²) in [5.41, 5.74) is 0.582. The fraction of sp³-hybridized carbons (Fsp3) is 0.836. The molecule has 0 spiro atoms. The molecule has 64 heavy (non-hydrogen) atoms. The third-order valence-corrected chi connectivity index (χ3v) is 15.9. The third kappa shape index (κ3) is 16.4. The molecule has 3 aliphatic heterocycles. The molecule has 0 saturated carbocycles. The van der Waals surface area contributed by atoms with Gasteiger partial charge in [0.25, 0.3) is 0 Å². The molecule has 0 radical (unpaired) electrons. The average molecular weight is 893 g/mol. The minimum atomic E-state index is 0.0881. The monoisotopic (exact) mass is 892 g/mol. The zero-order valence-electron chi connectivity index (χ0n) is 43.7. The highest BCUT2D eigenvalue weighted by Gasteiger charge is 2.51. The highest BCUT2D eigenvalue weighted by atomic mass is 15.4. The van der Waals surface area contributed by atoms with E-state index in [1.807, 2.05) is 0 Å². The van der Waals surface area contributed by atoms with Gasteiger partial charge in [-0.15, -0.1) is 0 Å². The van der Waals surface area contributed by atoms with Crippen molar-refractivity contribution < 1.29 is 27.2 Å². The lowest BCUT2D eigenvalue weighted by molar-refractivity contribution is -0.967. The van der Waals surface area contributed by atoms with Crippen molar-refractivity contribution in [1.29, 1.82) is 0 Å². The maximum absolute atomic E-state index is 2.78. The predicted molar refractivity (Wildman–Crippen MR) is 266 cm³/mol. The first-order chi connectivity index (χ1) is 31.0. The zero-order chi connectivity index (χ0) is 45.8. The molecule has 3 saturated heterocycles. The number of hydrogen-bond donors (Lipinski definition) is 0. The van der Waals surface area contributed by atoms with Crippen molar-refractivity contribution >= 4 is 0 Å². The van der Waals surface area contributed by atoms with E-state index >= 15 is 0 Å². The van der Waals surface area contributed by atoms with E-state index in [1.165, 1.54) is 208 Å². The Hall–Kier alpha value is -2.49. The van der Waals surface area contributed by atoms with Gasteiger partial charge in [-0.05, 0) is 52.4 Å². The SMILES string of the molecule is CCCC[N+]1(CC(C)(C[N+]2(CCCC)CCCC2)C[N+]2(CCCC)CCCC2)CCCC1.CCCCn1cc[n+](CC(C)(C[n+]2ccn(CCCC)c2)C[n+]2ccn(CCCC)c2)c1. The summed E-state index contributed by atoms with van der Waals surface area (Å²) in [5, 5.41) is 0. The fourth-order valence-electron chi connectivity index (χ4n) is 12.9. The Morgan fingerprint density at radius 3 is 0.906 bits per heavy atom. The Bertz CT molecular complexity index is 1490. The quantitative estimate of drug-likeness (QED) is 0.0471. The molecule has 0 amide bonds. The molecule has 9 heteroatoms. The molecule has 364 valence electrons. The Labute approximate surface area is 395 Å².